The Hall–Kier alpha value is -0.500. The Bertz CT molecular complexity index is 454. The normalized spacial score (nSPS) is 15.2. The summed E-state index contributed by atoms with van der Waals surface area (Å²) in [5, 5.41) is 9.27. The van der Waals surface area contributed by atoms with Crippen molar-refractivity contribution in [3.05, 3.63) is 0 Å². The van der Waals surface area contributed by atoms with Crippen molar-refractivity contribution in [3.63, 3.8) is 0 Å². The molecule has 0 saturated carbocycles. The van der Waals surface area contributed by atoms with Crippen molar-refractivity contribution < 1.29 is 37.6 Å². The van der Waals surface area contributed by atoms with Crippen LogP contribution in [-0.4, -0.2) is 69.2 Å². The van der Waals surface area contributed by atoms with Crippen molar-refractivity contribution in [1.29, 1.82) is 0 Å². The molecule has 0 aliphatic carbocycles. The van der Waals surface area contributed by atoms with Gasteiger partial charge in [0.1, 0.15) is 19.3 Å². The Balaban J connectivity index is 3.93. The van der Waals surface area contributed by atoms with E-state index in [1.54, 1.807) is 0 Å². The van der Waals surface area contributed by atoms with Gasteiger partial charge in [0, 0.05) is 6.42 Å². The number of nitrogens with zero attached hydrogens (tertiary/aromatic N) is 1. The van der Waals surface area contributed by atoms with Gasteiger partial charge >= 0.3 is 5.97 Å². The van der Waals surface area contributed by atoms with E-state index in [2.05, 4.69) is 6.92 Å². The molecule has 2 unspecified atom stereocenters. The Labute approximate surface area is 170 Å². The van der Waals surface area contributed by atoms with Crippen LogP contribution in [-0.2, 0) is 23.1 Å². The van der Waals surface area contributed by atoms with Crippen molar-refractivity contribution in [2.45, 2.75) is 70.8 Å². The first-order valence-electron chi connectivity index (χ1n) is 10.3. The first kappa shape index (κ1) is 27.5. The van der Waals surface area contributed by atoms with Gasteiger partial charge < -0.3 is 28.3 Å². The van der Waals surface area contributed by atoms with E-state index < -0.39 is 33.1 Å². The standard InChI is InChI=1S/C19H40NO7P/c1-5-6-7-8-9-10-11-12-13-19(22)27-18(16-21)17-26-28(23,24)25-15-14-20(2,3)4/h18,21H,5-17H2,1-4H3. The van der Waals surface area contributed by atoms with Crippen molar-refractivity contribution in [1.82, 2.24) is 0 Å². The van der Waals surface area contributed by atoms with E-state index in [4.69, 9.17) is 13.8 Å². The minimum Gasteiger partial charge on any atom is -0.756 e. The number of phosphoric ester groups is 1. The summed E-state index contributed by atoms with van der Waals surface area (Å²) in [6.07, 6.45) is 8.17. The molecule has 0 aromatic carbocycles. The quantitative estimate of drug-likeness (QED) is 0.156. The summed E-state index contributed by atoms with van der Waals surface area (Å²) in [6, 6.07) is 0. The molecule has 0 spiro atoms. The molecule has 0 aliphatic heterocycles. The second-order valence-corrected chi connectivity index (χ2v) is 9.52. The minimum atomic E-state index is -4.49. The van der Waals surface area contributed by atoms with E-state index >= 15 is 0 Å². The zero-order chi connectivity index (χ0) is 21.5. The fraction of sp³-hybridized carbons (Fsp3) is 0.947. The molecule has 0 fully saturated rings. The van der Waals surface area contributed by atoms with Gasteiger partial charge in [0.25, 0.3) is 7.82 Å². The number of hydrogen-bond acceptors (Lipinski definition) is 7. The molecule has 2 atom stereocenters. The third-order valence-corrected chi connectivity index (χ3v) is 5.13. The molecule has 0 amide bonds. The van der Waals surface area contributed by atoms with E-state index in [1.165, 1.54) is 32.1 Å². The second-order valence-electron chi connectivity index (χ2n) is 8.11. The maximum atomic E-state index is 11.8. The van der Waals surface area contributed by atoms with Gasteiger partial charge in [0.15, 0.2) is 0 Å². The van der Waals surface area contributed by atoms with E-state index in [0.29, 0.717) is 11.0 Å². The Morgan fingerprint density at radius 1 is 1.04 bits per heavy atom. The van der Waals surface area contributed by atoms with E-state index in [9.17, 15) is 19.4 Å². The molecular weight excluding hydrogens is 385 g/mol. The van der Waals surface area contributed by atoms with Crippen molar-refractivity contribution in [2.24, 2.45) is 0 Å². The van der Waals surface area contributed by atoms with Gasteiger partial charge in [-0.15, -0.1) is 0 Å². The average Bonchev–Trinajstić information content (AvgIpc) is 2.59. The number of hydrogen-bond donors (Lipinski definition) is 1. The van der Waals surface area contributed by atoms with Crippen LogP contribution in [0.15, 0.2) is 0 Å². The summed E-state index contributed by atoms with van der Waals surface area (Å²) in [6.45, 7) is 1.71. The fourth-order valence-electron chi connectivity index (χ4n) is 2.41. The number of aliphatic hydroxyl groups is 1. The maximum Gasteiger partial charge on any atom is 0.306 e. The highest BCUT2D eigenvalue weighted by Gasteiger charge is 2.19. The summed E-state index contributed by atoms with van der Waals surface area (Å²) < 4.78 is 26.8. The summed E-state index contributed by atoms with van der Waals surface area (Å²) >= 11 is 0. The van der Waals surface area contributed by atoms with Gasteiger partial charge in [-0.2, -0.15) is 0 Å². The number of aliphatic hydroxyl groups excluding tert-OH is 1. The molecule has 8 nitrogen and oxygen atoms in total. The molecule has 0 aromatic rings. The zero-order valence-electron chi connectivity index (χ0n) is 18.1. The number of likely N-dealkylation sites (N-methyl/N-ethyl adjacent to an activating group) is 1. The first-order valence-corrected chi connectivity index (χ1v) is 11.8. The molecule has 0 aromatic heterocycles. The van der Waals surface area contributed by atoms with Crippen LogP contribution in [0.1, 0.15) is 64.7 Å². The number of carbonyl (C=O) groups excluding carboxylic acids is 1. The number of esters is 1. The Kier molecular flexibility index (Phi) is 15.1. The van der Waals surface area contributed by atoms with Crippen molar-refractivity contribution in [2.75, 3.05) is 47.5 Å². The number of ether oxygens (including phenoxy) is 1. The van der Waals surface area contributed by atoms with Crippen LogP contribution in [0.3, 0.4) is 0 Å². The lowest BCUT2D eigenvalue weighted by atomic mass is 10.1. The molecule has 28 heavy (non-hydrogen) atoms. The smallest absolute Gasteiger partial charge is 0.306 e. The molecule has 0 radical (unpaired) electrons. The lowest BCUT2D eigenvalue weighted by Crippen LogP contribution is -2.37. The third-order valence-electron chi connectivity index (χ3n) is 4.17. The monoisotopic (exact) mass is 425 g/mol. The van der Waals surface area contributed by atoms with Gasteiger partial charge in [-0.1, -0.05) is 51.9 Å². The molecule has 0 saturated heterocycles. The SMILES string of the molecule is CCCCCCCCCCC(=O)OC(CO)COP(=O)([O-])OCC[N+](C)(C)C. The molecule has 0 aliphatic rings. The van der Waals surface area contributed by atoms with Crippen molar-refractivity contribution >= 4 is 13.8 Å². The van der Waals surface area contributed by atoms with E-state index in [0.717, 1.165) is 19.3 Å². The molecule has 168 valence electrons. The highest BCUT2D eigenvalue weighted by atomic mass is 31.2. The Morgan fingerprint density at radius 3 is 2.14 bits per heavy atom. The van der Waals surface area contributed by atoms with Gasteiger partial charge in [-0.25, -0.2) is 0 Å². The minimum absolute atomic E-state index is 0.00764. The molecule has 0 rings (SSSR count). The highest BCUT2D eigenvalue weighted by Crippen LogP contribution is 2.38. The predicted octanol–water partition coefficient (Wildman–Crippen LogP) is 2.63. The van der Waals surface area contributed by atoms with Crippen LogP contribution >= 0.6 is 7.82 Å². The number of carbonyl (C=O) groups is 1. The number of phosphoric acid groups is 1. The van der Waals surface area contributed by atoms with Crippen LogP contribution in [0.2, 0.25) is 0 Å². The number of quaternary nitrogens is 1. The van der Waals surface area contributed by atoms with E-state index in [1.807, 2.05) is 21.1 Å². The van der Waals surface area contributed by atoms with Crippen LogP contribution < -0.4 is 4.89 Å². The van der Waals surface area contributed by atoms with Gasteiger partial charge in [0.2, 0.25) is 0 Å². The molecule has 1 N–H and O–H groups in total. The zero-order valence-corrected chi connectivity index (χ0v) is 19.0. The van der Waals surface area contributed by atoms with Crippen LogP contribution in [0, 0.1) is 0 Å². The fourth-order valence-corrected chi connectivity index (χ4v) is 3.14. The van der Waals surface area contributed by atoms with Crippen LogP contribution in [0.5, 0.6) is 0 Å². The molecule has 0 bridgehead atoms. The predicted molar refractivity (Wildman–Crippen MR) is 107 cm³/mol. The number of unbranched alkanes of at least 4 members (excludes halogenated alkanes) is 7. The van der Waals surface area contributed by atoms with Gasteiger partial charge in [-0.3, -0.25) is 9.36 Å². The summed E-state index contributed by atoms with van der Waals surface area (Å²) in [4.78, 5) is 23.5. The molecular formula is C19H40NO7P. The summed E-state index contributed by atoms with van der Waals surface area (Å²) in [5.74, 6) is -0.458. The van der Waals surface area contributed by atoms with E-state index in [-0.39, 0.29) is 13.0 Å². The molecule has 0 heterocycles. The lowest BCUT2D eigenvalue weighted by molar-refractivity contribution is -0.870. The molecule has 9 heteroatoms. The van der Waals surface area contributed by atoms with Gasteiger partial charge in [-0.05, 0) is 6.42 Å². The topological polar surface area (TPSA) is 105 Å². The Morgan fingerprint density at radius 2 is 1.61 bits per heavy atom. The number of rotatable bonds is 18. The van der Waals surface area contributed by atoms with Crippen molar-refractivity contribution in [3.8, 4) is 0 Å². The second kappa shape index (κ2) is 15.4. The van der Waals surface area contributed by atoms with Crippen LogP contribution in [0.25, 0.3) is 0 Å². The maximum absolute atomic E-state index is 11.8. The highest BCUT2D eigenvalue weighted by molar-refractivity contribution is 7.45. The van der Waals surface area contributed by atoms with Crippen LogP contribution in [0.4, 0.5) is 0 Å². The first-order chi connectivity index (χ1) is 13.1. The lowest BCUT2D eigenvalue weighted by Gasteiger charge is -2.28. The van der Waals surface area contributed by atoms with Gasteiger partial charge in [0.05, 0.1) is 34.4 Å². The largest absolute Gasteiger partial charge is 0.756 e. The summed E-state index contributed by atoms with van der Waals surface area (Å²) in [7, 11) is 1.24. The average molecular weight is 426 g/mol. The summed E-state index contributed by atoms with van der Waals surface area (Å²) in [5.41, 5.74) is 0. The third kappa shape index (κ3) is 17.6.